The van der Waals surface area contributed by atoms with Gasteiger partial charge >= 0.3 is 183 Å². The number of ether oxygens (including phenoxy) is 2. The van der Waals surface area contributed by atoms with Crippen LogP contribution in [0.2, 0.25) is 13.3 Å². The number of hydrogen-bond donors (Lipinski definition) is 1. The molecular formula is C23H42N2O3Sn. The summed E-state index contributed by atoms with van der Waals surface area (Å²) in [5, 5.41) is 3.02. The minimum atomic E-state index is -2.79. The Hall–Kier alpha value is -0.981. The molecule has 29 heavy (non-hydrogen) atoms. The number of nitrogens with zero attached hydrogens (tertiary/aromatic N) is 1. The second-order valence-corrected chi connectivity index (χ2v) is 22.1. The van der Waals surface area contributed by atoms with Crippen LogP contribution in [0.1, 0.15) is 80.1 Å². The quantitative estimate of drug-likeness (QED) is 0.325. The molecule has 1 amide bonds. The molecule has 5 nitrogen and oxygen atoms in total. The number of unbranched alkanes of at least 4 members (excludes halogenated alkanes) is 3. The normalized spacial score (nSPS) is 12.0. The van der Waals surface area contributed by atoms with Crippen molar-refractivity contribution in [1.82, 2.24) is 4.98 Å². The fourth-order valence-electron chi connectivity index (χ4n) is 3.89. The Morgan fingerprint density at radius 2 is 1.55 bits per heavy atom. The first-order valence-electron chi connectivity index (χ1n) is 11.3. The maximum absolute atomic E-state index is 12.6. The summed E-state index contributed by atoms with van der Waals surface area (Å²) >= 11 is -2.79. The van der Waals surface area contributed by atoms with Crippen LogP contribution in [0, 0.1) is 0 Å². The molecule has 1 N–H and O–H groups in total. The van der Waals surface area contributed by atoms with Crippen LogP contribution in [0.25, 0.3) is 0 Å². The number of aromatic nitrogens is 1. The van der Waals surface area contributed by atoms with E-state index in [0.717, 1.165) is 5.69 Å². The molecule has 0 radical (unpaired) electrons. The van der Waals surface area contributed by atoms with Crippen molar-refractivity contribution in [3.05, 3.63) is 12.3 Å². The van der Waals surface area contributed by atoms with Gasteiger partial charge in [0.15, 0.2) is 0 Å². The average molecular weight is 513 g/mol. The summed E-state index contributed by atoms with van der Waals surface area (Å²) < 4.78 is 16.4. The van der Waals surface area contributed by atoms with E-state index in [2.05, 4.69) is 37.1 Å². The number of methoxy groups -OCH3 is 1. The van der Waals surface area contributed by atoms with Crippen molar-refractivity contribution in [3.63, 3.8) is 0 Å². The first-order chi connectivity index (χ1) is 13.7. The molecule has 0 spiro atoms. The molecule has 1 rings (SSSR count). The first kappa shape index (κ1) is 26.1. The van der Waals surface area contributed by atoms with E-state index in [4.69, 9.17) is 9.47 Å². The molecule has 1 heterocycles. The van der Waals surface area contributed by atoms with Gasteiger partial charge in [0.05, 0.1) is 0 Å². The third-order valence-electron chi connectivity index (χ3n) is 5.33. The van der Waals surface area contributed by atoms with Crippen molar-refractivity contribution in [3.8, 4) is 5.88 Å². The van der Waals surface area contributed by atoms with Crippen LogP contribution in [0.5, 0.6) is 5.88 Å². The van der Waals surface area contributed by atoms with Crippen LogP contribution in [-0.2, 0) is 4.74 Å². The number of anilines is 1. The molecule has 6 heteroatoms. The zero-order valence-electron chi connectivity index (χ0n) is 19.7. The van der Waals surface area contributed by atoms with E-state index < -0.39 is 30.1 Å². The van der Waals surface area contributed by atoms with Gasteiger partial charge in [-0.25, -0.2) is 0 Å². The van der Waals surface area contributed by atoms with E-state index in [0.29, 0.717) is 5.88 Å². The van der Waals surface area contributed by atoms with E-state index >= 15 is 0 Å². The summed E-state index contributed by atoms with van der Waals surface area (Å²) in [5.41, 5.74) is 0.204. The standard InChI is InChI=1S/C11H15N2O3.3C4H9.Sn/c1-11(2,3)16-10(14)13-8-6-5-7-12-9(8)15-4;3*1-3-4-2;/h5,7H,1-4H3,(H,13,14);3*1,3-4H2,2H3;. The molecule has 1 aromatic rings. The van der Waals surface area contributed by atoms with Crippen LogP contribution in [0.3, 0.4) is 0 Å². The monoisotopic (exact) mass is 514 g/mol. The molecule has 0 unspecified atom stereocenters. The summed E-state index contributed by atoms with van der Waals surface area (Å²) in [7, 11) is 1.62. The summed E-state index contributed by atoms with van der Waals surface area (Å²) in [5.74, 6) is 0.499. The molecule has 0 fully saturated rings. The summed E-state index contributed by atoms with van der Waals surface area (Å²) in [6.07, 6.45) is 8.77. The van der Waals surface area contributed by atoms with E-state index in [1.807, 2.05) is 27.0 Å². The third-order valence-corrected chi connectivity index (χ3v) is 21.0. The first-order valence-corrected chi connectivity index (χ1v) is 18.7. The van der Waals surface area contributed by atoms with Crippen molar-refractivity contribution >= 4 is 33.7 Å². The molecule has 0 aliphatic carbocycles. The second-order valence-electron chi connectivity index (χ2n) is 8.96. The number of amides is 1. The zero-order valence-corrected chi connectivity index (χ0v) is 22.5. The van der Waals surface area contributed by atoms with E-state index in [1.165, 1.54) is 55.4 Å². The molecule has 0 saturated heterocycles. The van der Waals surface area contributed by atoms with E-state index in [1.54, 1.807) is 7.11 Å². The van der Waals surface area contributed by atoms with Crippen LogP contribution in [0.15, 0.2) is 12.3 Å². The summed E-state index contributed by atoms with van der Waals surface area (Å²) in [4.78, 5) is 17.0. The van der Waals surface area contributed by atoms with Crippen molar-refractivity contribution in [2.45, 2.75) is 99.0 Å². The Morgan fingerprint density at radius 1 is 1.03 bits per heavy atom. The van der Waals surface area contributed by atoms with Crippen molar-refractivity contribution in [1.29, 1.82) is 0 Å². The molecule has 0 saturated carbocycles. The molecule has 0 atom stereocenters. The summed E-state index contributed by atoms with van der Waals surface area (Å²) in [6, 6.07) is 2.16. The molecule has 0 aromatic carbocycles. The van der Waals surface area contributed by atoms with Gasteiger partial charge in [-0.3, -0.25) is 0 Å². The van der Waals surface area contributed by atoms with Gasteiger partial charge in [0.1, 0.15) is 0 Å². The number of rotatable bonds is 12. The molecular weight excluding hydrogens is 471 g/mol. The Kier molecular flexibility index (Phi) is 11.4. The molecule has 0 bridgehead atoms. The van der Waals surface area contributed by atoms with Crippen LogP contribution in [-0.4, -0.2) is 42.2 Å². The van der Waals surface area contributed by atoms with E-state index in [-0.39, 0.29) is 0 Å². The molecule has 0 aliphatic heterocycles. The number of hydrogen-bond acceptors (Lipinski definition) is 4. The van der Waals surface area contributed by atoms with Gasteiger partial charge < -0.3 is 0 Å². The maximum atomic E-state index is 12.6. The fraction of sp³-hybridized carbons (Fsp3) is 0.739. The molecule has 0 aliphatic rings. The predicted octanol–water partition coefficient (Wildman–Crippen LogP) is 6.49. The summed E-state index contributed by atoms with van der Waals surface area (Å²) in [6.45, 7) is 12.4. The average Bonchev–Trinajstić information content (AvgIpc) is 2.66. The van der Waals surface area contributed by atoms with Crippen molar-refractivity contribution < 1.29 is 14.3 Å². The zero-order chi connectivity index (χ0) is 21.9. The third kappa shape index (κ3) is 8.34. The van der Waals surface area contributed by atoms with Crippen molar-refractivity contribution in [2.75, 3.05) is 12.4 Å². The molecule has 166 valence electrons. The van der Waals surface area contributed by atoms with Gasteiger partial charge in [-0.05, 0) is 0 Å². The predicted molar refractivity (Wildman–Crippen MR) is 125 cm³/mol. The second kappa shape index (κ2) is 12.7. The van der Waals surface area contributed by atoms with Crippen LogP contribution < -0.4 is 13.6 Å². The Balaban J connectivity index is 3.46. The van der Waals surface area contributed by atoms with Gasteiger partial charge in [0, 0.05) is 0 Å². The number of carbonyl (C=O) groups is 1. The topological polar surface area (TPSA) is 60.5 Å². The Morgan fingerprint density at radius 3 is 1.97 bits per heavy atom. The van der Waals surface area contributed by atoms with Gasteiger partial charge in [-0.15, -0.1) is 0 Å². The Labute approximate surface area is 182 Å². The Bertz CT molecular complexity index is 607. The minimum absolute atomic E-state index is 0.438. The van der Waals surface area contributed by atoms with Gasteiger partial charge in [0.25, 0.3) is 0 Å². The van der Waals surface area contributed by atoms with Gasteiger partial charge in [-0.2, -0.15) is 0 Å². The van der Waals surface area contributed by atoms with Crippen LogP contribution >= 0.6 is 0 Å². The molecule has 1 aromatic heterocycles. The fourth-order valence-corrected chi connectivity index (χ4v) is 20.4. The van der Waals surface area contributed by atoms with Gasteiger partial charge in [-0.1, -0.05) is 0 Å². The van der Waals surface area contributed by atoms with Crippen LogP contribution in [0.4, 0.5) is 10.5 Å². The van der Waals surface area contributed by atoms with Gasteiger partial charge in [0.2, 0.25) is 0 Å². The number of pyridine rings is 1. The van der Waals surface area contributed by atoms with E-state index in [9.17, 15) is 4.79 Å². The van der Waals surface area contributed by atoms with Crippen molar-refractivity contribution in [2.24, 2.45) is 0 Å². The number of carbonyl (C=O) groups excluding carboxylic acids is 1. The SMILES string of the molecule is CCC[CH2][Sn]([CH2]CCC)([CH2]CCC)[c]1ccnc(OC)c1NC(=O)OC(C)(C)C. The number of nitrogens with one attached hydrogen (secondary N) is 1.